The number of hydrogen-bond donors (Lipinski definition) is 1. The number of aryl methyl sites for hydroxylation is 1. The first-order valence-electron chi connectivity index (χ1n) is 11.3. The van der Waals surface area contributed by atoms with Gasteiger partial charge in [0.1, 0.15) is 12.6 Å². The van der Waals surface area contributed by atoms with E-state index in [1.807, 2.05) is 57.2 Å². The van der Waals surface area contributed by atoms with Gasteiger partial charge >= 0.3 is 0 Å². The summed E-state index contributed by atoms with van der Waals surface area (Å²) in [5.41, 5.74) is 2.18. The van der Waals surface area contributed by atoms with Gasteiger partial charge in [0.2, 0.25) is 21.8 Å². The lowest BCUT2D eigenvalue weighted by atomic mass is 10.1. The lowest BCUT2D eigenvalue weighted by Gasteiger charge is -2.33. The molecule has 180 valence electrons. The number of carbonyl (C=O) groups is 2. The van der Waals surface area contributed by atoms with E-state index in [2.05, 4.69) is 5.32 Å². The van der Waals surface area contributed by atoms with Gasteiger partial charge in [-0.15, -0.1) is 0 Å². The third kappa shape index (κ3) is 7.89. The third-order valence-corrected chi connectivity index (χ3v) is 6.52. The molecule has 2 rings (SSSR count). The zero-order valence-electron chi connectivity index (χ0n) is 20.0. The van der Waals surface area contributed by atoms with Crippen LogP contribution in [0.2, 0.25) is 0 Å². The molecule has 1 N–H and O–H groups in total. The first kappa shape index (κ1) is 26.4. The van der Waals surface area contributed by atoms with Gasteiger partial charge in [0.05, 0.1) is 11.9 Å². The fourth-order valence-electron chi connectivity index (χ4n) is 3.60. The maximum atomic E-state index is 13.5. The molecule has 0 bridgehead atoms. The van der Waals surface area contributed by atoms with E-state index in [1.165, 1.54) is 4.90 Å². The highest BCUT2D eigenvalue weighted by molar-refractivity contribution is 7.92. The summed E-state index contributed by atoms with van der Waals surface area (Å²) in [6.07, 6.45) is 3.30. The highest BCUT2D eigenvalue weighted by atomic mass is 32.2. The molecule has 1 atom stereocenters. The van der Waals surface area contributed by atoms with Crippen molar-refractivity contribution < 1.29 is 18.0 Å². The summed E-state index contributed by atoms with van der Waals surface area (Å²) in [5, 5.41) is 2.91. The second-order valence-electron chi connectivity index (χ2n) is 8.18. The normalized spacial score (nSPS) is 12.1. The minimum atomic E-state index is -3.72. The average Bonchev–Trinajstić information content (AvgIpc) is 2.77. The van der Waals surface area contributed by atoms with Crippen molar-refractivity contribution in [1.29, 1.82) is 0 Å². The van der Waals surface area contributed by atoms with Gasteiger partial charge in [-0.25, -0.2) is 8.42 Å². The molecule has 0 aliphatic carbocycles. The van der Waals surface area contributed by atoms with Crippen molar-refractivity contribution in [1.82, 2.24) is 10.2 Å². The number of hydrogen-bond acceptors (Lipinski definition) is 4. The smallest absolute Gasteiger partial charge is 0.244 e. The van der Waals surface area contributed by atoms with Crippen molar-refractivity contribution in [2.45, 2.75) is 52.6 Å². The van der Waals surface area contributed by atoms with Crippen LogP contribution in [0.15, 0.2) is 54.6 Å². The van der Waals surface area contributed by atoms with E-state index in [9.17, 15) is 18.0 Å². The van der Waals surface area contributed by atoms with Gasteiger partial charge in [0, 0.05) is 13.1 Å². The van der Waals surface area contributed by atoms with Crippen molar-refractivity contribution in [3.8, 4) is 0 Å². The molecule has 2 aromatic rings. The highest BCUT2D eigenvalue weighted by Crippen LogP contribution is 2.20. The molecule has 7 nitrogen and oxygen atoms in total. The molecular weight excluding hydrogens is 438 g/mol. The quantitative estimate of drug-likeness (QED) is 0.478. The number of sulfonamides is 1. The summed E-state index contributed by atoms with van der Waals surface area (Å²) in [4.78, 5) is 28.0. The van der Waals surface area contributed by atoms with Crippen LogP contribution >= 0.6 is 0 Å². The van der Waals surface area contributed by atoms with Crippen LogP contribution in [-0.2, 0) is 26.2 Å². The van der Waals surface area contributed by atoms with Gasteiger partial charge in [-0.3, -0.25) is 13.9 Å². The number of nitrogens with zero attached hydrogens (tertiary/aromatic N) is 2. The van der Waals surface area contributed by atoms with Gasteiger partial charge < -0.3 is 10.2 Å². The molecule has 0 aliphatic heterocycles. The van der Waals surface area contributed by atoms with Crippen molar-refractivity contribution >= 4 is 27.5 Å². The monoisotopic (exact) mass is 473 g/mol. The lowest BCUT2D eigenvalue weighted by Crippen LogP contribution is -2.52. The number of carbonyl (C=O) groups excluding carboxylic acids is 2. The fraction of sp³-hybridized carbons (Fsp3) is 0.440. The summed E-state index contributed by atoms with van der Waals surface area (Å²) < 4.78 is 26.3. The fourth-order valence-corrected chi connectivity index (χ4v) is 4.44. The molecule has 0 unspecified atom stereocenters. The van der Waals surface area contributed by atoms with Crippen LogP contribution in [0.4, 0.5) is 5.69 Å². The molecule has 0 heterocycles. The number of rotatable bonds is 12. The largest absolute Gasteiger partial charge is 0.354 e. The second kappa shape index (κ2) is 12.4. The molecule has 8 heteroatoms. The predicted molar refractivity (Wildman–Crippen MR) is 132 cm³/mol. The Kier molecular flexibility index (Phi) is 9.91. The van der Waals surface area contributed by atoms with E-state index in [-0.39, 0.29) is 19.0 Å². The van der Waals surface area contributed by atoms with Crippen LogP contribution in [-0.4, -0.2) is 50.5 Å². The van der Waals surface area contributed by atoms with Crippen molar-refractivity contribution in [3.63, 3.8) is 0 Å². The second-order valence-corrected chi connectivity index (χ2v) is 10.1. The predicted octanol–water partition coefficient (Wildman–Crippen LogP) is 3.48. The van der Waals surface area contributed by atoms with Gasteiger partial charge in [0.15, 0.2) is 0 Å². The maximum absolute atomic E-state index is 13.5. The number of benzene rings is 2. The molecule has 2 aromatic carbocycles. The molecule has 0 radical (unpaired) electrons. The summed E-state index contributed by atoms with van der Waals surface area (Å²) in [7, 11) is -3.72. The Bertz CT molecular complexity index is 1020. The molecule has 33 heavy (non-hydrogen) atoms. The van der Waals surface area contributed by atoms with E-state index in [0.717, 1.165) is 34.5 Å². The molecule has 0 saturated carbocycles. The third-order valence-electron chi connectivity index (χ3n) is 5.38. The standard InChI is InChI=1S/C25H35N3O4S/c1-5-7-16-26-25(30)23(6-2)27(18-21-13-9-8-10-14-21)24(29)19-28(33(4,31)32)22-15-11-12-20(3)17-22/h8-15,17,23H,5-7,16,18-19H2,1-4H3,(H,26,30)/t23-/m0/s1. The van der Waals surface area contributed by atoms with Crippen LogP contribution in [0.5, 0.6) is 0 Å². The van der Waals surface area contributed by atoms with Crippen LogP contribution in [0.1, 0.15) is 44.2 Å². The Hall–Kier alpha value is -2.87. The van der Waals surface area contributed by atoms with E-state index < -0.39 is 22.0 Å². The topological polar surface area (TPSA) is 86.8 Å². The lowest BCUT2D eigenvalue weighted by molar-refractivity contribution is -0.140. The number of amides is 2. The molecule has 0 spiro atoms. The Balaban J connectivity index is 2.37. The van der Waals surface area contributed by atoms with Gasteiger partial charge in [-0.05, 0) is 43.0 Å². The molecular formula is C25H35N3O4S. The molecule has 0 saturated heterocycles. The van der Waals surface area contributed by atoms with Gasteiger partial charge in [-0.1, -0.05) is 62.7 Å². The molecule has 0 aliphatic rings. The van der Waals surface area contributed by atoms with E-state index in [1.54, 1.807) is 18.2 Å². The zero-order valence-corrected chi connectivity index (χ0v) is 20.8. The summed E-state index contributed by atoms with van der Waals surface area (Å²) >= 11 is 0. The van der Waals surface area contributed by atoms with Crippen molar-refractivity contribution in [3.05, 3.63) is 65.7 Å². The van der Waals surface area contributed by atoms with Crippen LogP contribution in [0, 0.1) is 6.92 Å². The Morgan fingerprint density at radius 3 is 2.30 bits per heavy atom. The average molecular weight is 474 g/mol. The van der Waals surface area contributed by atoms with Crippen molar-refractivity contribution in [2.24, 2.45) is 0 Å². The minimum Gasteiger partial charge on any atom is -0.354 e. The van der Waals surface area contributed by atoms with Crippen molar-refractivity contribution in [2.75, 3.05) is 23.7 Å². The number of unbranched alkanes of at least 4 members (excludes halogenated alkanes) is 1. The van der Waals surface area contributed by atoms with Crippen LogP contribution < -0.4 is 9.62 Å². The number of nitrogens with one attached hydrogen (secondary N) is 1. The van der Waals surface area contributed by atoms with Crippen LogP contribution in [0.25, 0.3) is 0 Å². The van der Waals surface area contributed by atoms with Crippen LogP contribution in [0.3, 0.4) is 0 Å². The Morgan fingerprint density at radius 2 is 1.73 bits per heavy atom. The maximum Gasteiger partial charge on any atom is 0.244 e. The minimum absolute atomic E-state index is 0.213. The number of anilines is 1. The summed E-state index contributed by atoms with van der Waals surface area (Å²) in [6.45, 7) is 6.13. The first-order chi connectivity index (χ1) is 15.7. The van der Waals surface area contributed by atoms with E-state index in [4.69, 9.17) is 0 Å². The van der Waals surface area contributed by atoms with E-state index >= 15 is 0 Å². The first-order valence-corrected chi connectivity index (χ1v) is 13.2. The zero-order chi connectivity index (χ0) is 24.4. The molecule has 0 fully saturated rings. The molecule has 0 aromatic heterocycles. The van der Waals surface area contributed by atoms with Gasteiger partial charge in [-0.2, -0.15) is 0 Å². The summed E-state index contributed by atoms with van der Waals surface area (Å²) in [6, 6.07) is 15.7. The van der Waals surface area contributed by atoms with Gasteiger partial charge in [0.25, 0.3) is 0 Å². The summed E-state index contributed by atoms with van der Waals surface area (Å²) in [5.74, 6) is -0.653. The Morgan fingerprint density at radius 1 is 1.03 bits per heavy atom. The molecule has 2 amide bonds. The SMILES string of the molecule is CCCCNC(=O)[C@H](CC)N(Cc1ccccc1)C(=O)CN(c1cccc(C)c1)S(C)(=O)=O. The highest BCUT2D eigenvalue weighted by Gasteiger charge is 2.31. The Labute approximate surface area is 197 Å². The van der Waals surface area contributed by atoms with E-state index in [0.29, 0.717) is 18.7 Å².